The first-order chi connectivity index (χ1) is 26.6. The van der Waals surface area contributed by atoms with E-state index in [0.29, 0.717) is 105 Å². The van der Waals surface area contributed by atoms with Crippen LogP contribution in [0.15, 0.2) is 74.9 Å². The molecule has 0 bridgehead atoms. The zero-order valence-electron chi connectivity index (χ0n) is 31.7. The van der Waals surface area contributed by atoms with Crippen molar-refractivity contribution in [1.82, 2.24) is 18.3 Å². The van der Waals surface area contributed by atoms with E-state index in [1.165, 1.54) is 0 Å². The molecule has 18 nitrogen and oxygen atoms in total. The molecule has 0 unspecified atom stereocenters. The van der Waals surface area contributed by atoms with Crippen LogP contribution in [0.4, 0.5) is 0 Å². The first kappa shape index (κ1) is 44.8. The van der Waals surface area contributed by atoms with Gasteiger partial charge in [0.1, 0.15) is 102 Å². The van der Waals surface area contributed by atoms with Crippen LogP contribution in [0.1, 0.15) is 0 Å². The van der Waals surface area contributed by atoms with E-state index in [1.54, 1.807) is 0 Å². The van der Waals surface area contributed by atoms with Crippen LogP contribution in [-0.4, -0.2) is 144 Å². The molecule has 0 radical (unpaired) electrons. The fourth-order valence-electron chi connectivity index (χ4n) is 5.04. The van der Waals surface area contributed by atoms with E-state index in [9.17, 15) is 0 Å². The van der Waals surface area contributed by atoms with Crippen molar-refractivity contribution in [3.63, 3.8) is 0 Å². The van der Waals surface area contributed by atoms with Crippen molar-refractivity contribution in [2.75, 3.05) is 106 Å². The van der Waals surface area contributed by atoms with E-state index in [2.05, 4.69) is 0 Å². The minimum atomic E-state index is 0.142. The summed E-state index contributed by atoms with van der Waals surface area (Å²) in [5, 5.41) is 35.5. The number of aliphatic hydroxyl groups excluding tert-OH is 4. The molecule has 0 saturated heterocycles. The highest BCUT2D eigenvalue weighted by Crippen LogP contribution is 1.91. The van der Waals surface area contributed by atoms with E-state index in [0.717, 1.165) is 26.2 Å². The zero-order chi connectivity index (χ0) is 38.3. The highest BCUT2D eigenvalue weighted by atomic mass is 16.5. The molecule has 54 heavy (non-hydrogen) atoms. The largest absolute Gasteiger partial charge is 0.392 e. The number of ether oxygens (including phenoxy) is 6. The van der Waals surface area contributed by atoms with E-state index in [-0.39, 0.29) is 26.4 Å². The van der Waals surface area contributed by atoms with Crippen molar-refractivity contribution in [1.29, 1.82) is 0 Å². The lowest BCUT2D eigenvalue weighted by Crippen LogP contribution is -2.33. The van der Waals surface area contributed by atoms with Gasteiger partial charge in [0.15, 0.2) is 0 Å². The number of aliphatic hydroxyl groups is 4. The molecule has 4 heterocycles. The molecule has 0 atom stereocenters. The molecule has 0 aliphatic heterocycles. The van der Waals surface area contributed by atoms with Gasteiger partial charge < -0.3 is 48.8 Å². The van der Waals surface area contributed by atoms with Crippen LogP contribution < -0.4 is 18.3 Å². The van der Waals surface area contributed by atoms with Crippen molar-refractivity contribution in [3.05, 3.63) is 74.9 Å². The van der Waals surface area contributed by atoms with Gasteiger partial charge in [0.2, 0.25) is 25.3 Å². The molecule has 0 spiro atoms. The second kappa shape index (κ2) is 29.8. The predicted molar refractivity (Wildman–Crippen MR) is 192 cm³/mol. The average Bonchev–Trinajstić information content (AvgIpc) is 4.00. The first-order valence-electron chi connectivity index (χ1n) is 18.7. The summed E-state index contributed by atoms with van der Waals surface area (Å²) in [6.07, 6.45) is 23.4. The Morgan fingerprint density at radius 1 is 0.315 bits per heavy atom. The smallest absolute Gasteiger partial charge is 0.243 e. The van der Waals surface area contributed by atoms with Crippen LogP contribution in [-0.2, 0) is 80.8 Å². The first-order valence-corrected chi connectivity index (χ1v) is 18.7. The van der Waals surface area contributed by atoms with Gasteiger partial charge in [-0.05, 0) is 0 Å². The number of imidazole rings is 4. The van der Waals surface area contributed by atoms with Crippen LogP contribution in [0.3, 0.4) is 0 Å². The summed E-state index contributed by atoms with van der Waals surface area (Å²) in [7, 11) is 0. The molecule has 18 heteroatoms. The van der Waals surface area contributed by atoms with Gasteiger partial charge in [-0.1, -0.05) is 0 Å². The minimum Gasteiger partial charge on any atom is -0.392 e. The molecule has 0 aliphatic rings. The average molecular weight is 769 g/mol. The van der Waals surface area contributed by atoms with E-state index in [1.807, 2.05) is 111 Å². The van der Waals surface area contributed by atoms with Gasteiger partial charge in [-0.15, -0.1) is 0 Å². The summed E-state index contributed by atoms with van der Waals surface area (Å²) in [6.45, 7) is 13.1. The maximum atomic E-state index is 8.88. The van der Waals surface area contributed by atoms with Gasteiger partial charge in [-0.25, -0.2) is 36.5 Å². The molecular weight excluding hydrogens is 704 g/mol. The molecule has 4 N–H and O–H groups in total. The second-order valence-corrected chi connectivity index (χ2v) is 12.1. The van der Waals surface area contributed by atoms with Crippen molar-refractivity contribution in [2.45, 2.75) is 52.4 Å². The van der Waals surface area contributed by atoms with Gasteiger partial charge in [0.25, 0.3) is 0 Å². The summed E-state index contributed by atoms with van der Waals surface area (Å²) in [5.74, 6) is 0. The third-order valence-corrected chi connectivity index (χ3v) is 7.88. The van der Waals surface area contributed by atoms with E-state index in [4.69, 9.17) is 48.8 Å². The van der Waals surface area contributed by atoms with Crippen molar-refractivity contribution < 1.29 is 67.1 Å². The van der Waals surface area contributed by atoms with Crippen LogP contribution in [0, 0.1) is 0 Å². The molecule has 0 saturated carbocycles. The molecular formula is C36H64N8O10+4. The molecule has 0 fully saturated rings. The Labute approximate surface area is 318 Å². The third kappa shape index (κ3) is 20.8. The Kier molecular flexibility index (Phi) is 24.7. The fourth-order valence-corrected chi connectivity index (χ4v) is 5.04. The van der Waals surface area contributed by atoms with Gasteiger partial charge in [-0.3, -0.25) is 0 Å². The van der Waals surface area contributed by atoms with Crippen molar-refractivity contribution in [3.8, 4) is 0 Å². The number of hydrogen-bond donors (Lipinski definition) is 4. The standard InChI is InChI=1S/2C18H32N4O5/c2*23-9-5-19-1-3-21(17-19)7-11-25-13-15-27-16-14-26-12-8-22-4-2-20(18-22)6-10-24/h2*1-4,17-18,23-24H,5-16H2/q2*+2. The molecule has 4 aromatic heterocycles. The van der Waals surface area contributed by atoms with Gasteiger partial charge >= 0.3 is 0 Å². The van der Waals surface area contributed by atoms with Crippen molar-refractivity contribution >= 4 is 0 Å². The SMILES string of the molecule is OCC[n+]1ccn(CCOCCOCCOCCn2cc[n+](CCO)c2)c1.OCC[n+]1ccn(CCOCCOCCOCCn2cc[n+](CCO)c2)c1. The quantitative estimate of drug-likeness (QED) is 0.0301. The Bertz CT molecular complexity index is 1230. The number of nitrogens with zero attached hydrogens (tertiary/aromatic N) is 8. The van der Waals surface area contributed by atoms with Crippen LogP contribution >= 0.6 is 0 Å². The van der Waals surface area contributed by atoms with Crippen LogP contribution in [0.5, 0.6) is 0 Å². The third-order valence-electron chi connectivity index (χ3n) is 7.88. The summed E-state index contributed by atoms with van der Waals surface area (Å²) in [5.41, 5.74) is 0. The predicted octanol–water partition coefficient (Wildman–Crippen LogP) is -2.80. The molecule has 0 aliphatic carbocycles. The van der Waals surface area contributed by atoms with Gasteiger partial charge in [-0.2, -0.15) is 0 Å². The molecule has 0 amide bonds. The Balaban J connectivity index is 0.000000290. The fraction of sp³-hybridized carbons (Fsp3) is 0.667. The Hall–Kier alpha value is -3.56. The Morgan fingerprint density at radius 2 is 0.519 bits per heavy atom. The maximum Gasteiger partial charge on any atom is 0.243 e. The van der Waals surface area contributed by atoms with Gasteiger partial charge in [0.05, 0.1) is 106 Å². The monoisotopic (exact) mass is 768 g/mol. The van der Waals surface area contributed by atoms with Crippen LogP contribution in [0.25, 0.3) is 0 Å². The topological polar surface area (TPSA) is 172 Å². The number of rotatable bonds is 32. The molecule has 4 aromatic rings. The lowest BCUT2D eigenvalue weighted by atomic mass is 10.6. The second-order valence-electron chi connectivity index (χ2n) is 12.1. The number of aromatic nitrogens is 8. The minimum absolute atomic E-state index is 0.142. The highest BCUT2D eigenvalue weighted by Gasteiger charge is 2.06. The van der Waals surface area contributed by atoms with Gasteiger partial charge in [0, 0.05) is 0 Å². The zero-order valence-corrected chi connectivity index (χ0v) is 31.7. The number of hydrogen-bond acceptors (Lipinski definition) is 10. The normalized spacial score (nSPS) is 11.3. The maximum absolute atomic E-state index is 8.88. The summed E-state index contributed by atoms with van der Waals surface area (Å²) in [4.78, 5) is 0. The molecule has 4 rings (SSSR count). The lowest BCUT2D eigenvalue weighted by molar-refractivity contribution is -0.697. The highest BCUT2D eigenvalue weighted by molar-refractivity contribution is 4.68. The van der Waals surface area contributed by atoms with E-state index >= 15 is 0 Å². The van der Waals surface area contributed by atoms with E-state index < -0.39 is 0 Å². The Morgan fingerprint density at radius 3 is 0.722 bits per heavy atom. The molecule has 0 aromatic carbocycles. The van der Waals surface area contributed by atoms with Crippen LogP contribution in [0.2, 0.25) is 0 Å². The van der Waals surface area contributed by atoms with Crippen molar-refractivity contribution in [2.24, 2.45) is 0 Å². The lowest BCUT2D eigenvalue weighted by Gasteiger charge is -2.05. The summed E-state index contributed by atoms with van der Waals surface area (Å²) < 4.78 is 49.0. The summed E-state index contributed by atoms with van der Waals surface area (Å²) >= 11 is 0. The summed E-state index contributed by atoms with van der Waals surface area (Å²) in [6, 6.07) is 0. The molecule has 304 valence electrons.